The first-order valence-corrected chi connectivity index (χ1v) is 12.1. The summed E-state index contributed by atoms with van der Waals surface area (Å²) in [5.74, 6) is 1.13. The lowest BCUT2D eigenvalue weighted by molar-refractivity contribution is 0.200. The molecule has 0 amide bonds. The molecular weight excluding hydrogens is 404 g/mol. The summed E-state index contributed by atoms with van der Waals surface area (Å²) in [5.41, 5.74) is 1.50. The second-order valence-corrected chi connectivity index (χ2v) is 9.85. The Bertz CT molecular complexity index is 783. The van der Waals surface area contributed by atoms with E-state index >= 15 is 0 Å². The number of allylic oxidation sites excluding steroid dienone is 2. The smallest absolute Gasteiger partial charge is 0.0230 e. The zero-order valence-corrected chi connectivity index (χ0v) is 19.7. The minimum Gasteiger partial charge on any atom is -0.303 e. The van der Waals surface area contributed by atoms with Crippen molar-refractivity contribution in [2.45, 2.75) is 30.1 Å². The summed E-state index contributed by atoms with van der Waals surface area (Å²) in [6.07, 6.45) is 7.55. The Balaban J connectivity index is 1.50. The molecule has 3 rings (SSSR count). The van der Waals surface area contributed by atoms with Crippen LogP contribution >= 0.6 is 24.6 Å². The summed E-state index contributed by atoms with van der Waals surface area (Å²) in [6.45, 7) is 8.34. The molecule has 160 valence electrons. The standard InChI is InChI=1S/C26H34N2S2/c1-3-10-26(29)24(21-27(2)30-25-13-8-5-9-14-25)17-20-28-18-15-23(16-19-28)22-11-6-4-7-12-22/h3-14,23-24,29H,1,15-21H2,2H3/b26-10-. The SMILES string of the molecule is C=C/C=C(\S)C(CCN1CCC(c2ccccc2)CC1)CN(C)Sc1ccccc1. The molecular formula is C26H34N2S2. The van der Waals surface area contributed by atoms with Gasteiger partial charge in [0.05, 0.1) is 0 Å². The topological polar surface area (TPSA) is 6.48 Å². The van der Waals surface area contributed by atoms with Crippen molar-refractivity contribution < 1.29 is 0 Å². The number of piperidine rings is 1. The van der Waals surface area contributed by atoms with Crippen molar-refractivity contribution >= 4 is 24.6 Å². The Morgan fingerprint density at radius 1 is 1.13 bits per heavy atom. The maximum atomic E-state index is 4.80. The van der Waals surface area contributed by atoms with Crippen molar-refractivity contribution in [3.63, 3.8) is 0 Å². The molecule has 0 radical (unpaired) electrons. The first-order chi connectivity index (χ1) is 14.7. The Labute approximate surface area is 192 Å². The van der Waals surface area contributed by atoms with Gasteiger partial charge in [0.1, 0.15) is 0 Å². The molecule has 0 aromatic heterocycles. The average molecular weight is 439 g/mol. The predicted octanol–water partition coefficient (Wildman–Crippen LogP) is 6.51. The fraction of sp³-hybridized carbons (Fsp3) is 0.385. The van der Waals surface area contributed by atoms with Gasteiger partial charge < -0.3 is 4.90 Å². The van der Waals surface area contributed by atoms with Gasteiger partial charge in [0.25, 0.3) is 0 Å². The van der Waals surface area contributed by atoms with Crippen LogP contribution in [0, 0.1) is 5.92 Å². The molecule has 2 aromatic rings. The normalized spacial score (nSPS) is 17.2. The second kappa shape index (κ2) is 12.4. The number of likely N-dealkylation sites (tertiary alicyclic amines) is 1. The molecule has 0 bridgehead atoms. The van der Waals surface area contributed by atoms with E-state index in [2.05, 4.69) is 89.6 Å². The predicted molar refractivity (Wildman–Crippen MR) is 135 cm³/mol. The van der Waals surface area contributed by atoms with Crippen molar-refractivity contribution in [3.05, 3.63) is 89.9 Å². The van der Waals surface area contributed by atoms with Crippen LogP contribution in [0.15, 0.2) is 89.2 Å². The van der Waals surface area contributed by atoms with Crippen LogP contribution in [0.4, 0.5) is 0 Å². The molecule has 2 aromatic carbocycles. The molecule has 1 saturated heterocycles. The van der Waals surface area contributed by atoms with E-state index in [1.807, 2.05) is 6.08 Å². The molecule has 0 N–H and O–H groups in total. The summed E-state index contributed by atoms with van der Waals surface area (Å²) in [4.78, 5) is 5.03. The maximum absolute atomic E-state index is 4.80. The van der Waals surface area contributed by atoms with Crippen LogP contribution in [0.3, 0.4) is 0 Å². The van der Waals surface area contributed by atoms with Gasteiger partial charge in [-0.3, -0.25) is 0 Å². The van der Waals surface area contributed by atoms with Gasteiger partial charge in [-0.05, 0) is 86.4 Å². The molecule has 1 aliphatic rings. The molecule has 30 heavy (non-hydrogen) atoms. The third-order valence-electron chi connectivity index (χ3n) is 5.84. The molecule has 1 unspecified atom stereocenters. The number of hydrogen-bond acceptors (Lipinski definition) is 4. The van der Waals surface area contributed by atoms with E-state index in [0.717, 1.165) is 24.4 Å². The third kappa shape index (κ3) is 7.35. The maximum Gasteiger partial charge on any atom is 0.0230 e. The van der Waals surface area contributed by atoms with E-state index in [1.165, 1.54) is 36.4 Å². The van der Waals surface area contributed by atoms with Crippen LogP contribution < -0.4 is 0 Å². The Morgan fingerprint density at radius 3 is 2.40 bits per heavy atom. The lowest BCUT2D eigenvalue weighted by Gasteiger charge is -2.33. The second-order valence-electron chi connectivity index (χ2n) is 8.05. The molecule has 1 fully saturated rings. The Morgan fingerprint density at radius 2 is 1.77 bits per heavy atom. The van der Waals surface area contributed by atoms with E-state index < -0.39 is 0 Å². The van der Waals surface area contributed by atoms with Crippen molar-refractivity contribution in [1.82, 2.24) is 9.21 Å². The Hall–Kier alpha value is -1.46. The summed E-state index contributed by atoms with van der Waals surface area (Å²) in [5, 5.41) is 0. The summed E-state index contributed by atoms with van der Waals surface area (Å²) in [7, 11) is 2.17. The first kappa shape index (κ1) is 23.2. The van der Waals surface area contributed by atoms with Gasteiger partial charge in [0.2, 0.25) is 0 Å². The molecule has 4 heteroatoms. The molecule has 1 heterocycles. The monoisotopic (exact) mass is 438 g/mol. The highest BCUT2D eigenvalue weighted by Gasteiger charge is 2.22. The largest absolute Gasteiger partial charge is 0.303 e. The minimum atomic E-state index is 0.416. The van der Waals surface area contributed by atoms with Gasteiger partial charge in [0, 0.05) is 17.4 Å². The van der Waals surface area contributed by atoms with E-state index in [1.54, 1.807) is 11.9 Å². The fourth-order valence-corrected chi connectivity index (χ4v) is 5.36. The van der Waals surface area contributed by atoms with Crippen LogP contribution in [-0.2, 0) is 0 Å². The van der Waals surface area contributed by atoms with Gasteiger partial charge in [-0.1, -0.05) is 67.3 Å². The quantitative estimate of drug-likeness (QED) is 0.257. The number of benzene rings is 2. The first-order valence-electron chi connectivity index (χ1n) is 10.9. The van der Waals surface area contributed by atoms with E-state index in [0.29, 0.717) is 11.8 Å². The fourth-order valence-electron chi connectivity index (χ4n) is 4.15. The molecule has 1 atom stereocenters. The van der Waals surface area contributed by atoms with E-state index in [9.17, 15) is 0 Å². The third-order valence-corrected chi connectivity index (χ3v) is 7.30. The van der Waals surface area contributed by atoms with Gasteiger partial charge >= 0.3 is 0 Å². The van der Waals surface area contributed by atoms with Crippen LogP contribution in [0.2, 0.25) is 0 Å². The van der Waals surface area contributed by atoms with Gasteiger partial charge in [0.15, 0.2) is 0 Å². The average Bonchev–Trinajstić information content (AvgIpc) is 2.78. The highest BCUT2D eigenvalue weighted by Crippen LogP contribution is 2.30. The number of thiol groups is 1. The molecule has 0 aliphatic carbocycles. The van der Waals surface area contributed by atoms with Crippen molar-refractivity contribution in [3.8, 4) is 0 Å². The molecule has 0 saturated carbocycles. The molecule has 2 nitrogen and oxygen atoms in total. The van der Waals surface area contributed by atoms with Crippen LogP contribution in [0.5, 0.6) is 0 Å². The van der Waals surface area contributed by atoms with Crippen LogP contribution in [0.25, 0.3) is 0 Å². The lowest BCUT2D eigenvalue weighted by atomic mass is 9.89. The highest BCUT2D eigenvalue weighted by atomic mass is 32.2. The number of rotatable bonds is 10. The summed E-state index contributed by atoms with van der Waals surface area (Å²) < 4.78 is 2.33. The zero-order valence-electron chi connectivity index (χ0n) is 18.0. The van der Waals surface area contributed by atoms with Crippen molar-refractivity contribution in [1.29, 1.82) is 0 Å². The lowest BCUT2D eigenvalue weighted by Crippen LogP contribution is -2.35. The van der Waals surface area contributed by atoms with Crippen molar-refractivity contribution in [2.75, 3.05) is 33.2 Å². The van der Waals surface area contributed by atoms with Gasteiger partial charge in [-0.25, -0.2) is 4.31 Å². The summed E-state index contributed by atoms with van der Waals surface area (Å²) in [6, 6.07) is 21.6. The van der Waals surface area contributed by atoms with Crippen molar-refractivity contribution in [2.24, 2.45) is 5.92 Å². The summed E-state index contributed by atoms with van der Waals surface area (Å²) >= 11 is 6.60. The van der Waals surface area contributed by atoms with E-state index in [-0.39, 0.29) is 0 Å². The van der Waals surface area contributed by atoms with Gasteiger partial charge in [-0.15, -0.1) is 12.6 Å². The molecule has 1 aliphatic heterocycles. The minimum absolute atomic E-state index is 0.416. The highest BCUT2D eigenvalue weighted by molar-refractivity contribution is 7.97. The molecule has 0 spiro atoms. The van der Waals surface area contributed by atoms with Crippen LogP contribution in [0.1, 0.15) is 30.7 Å². The van der Waals surface area contributed by atoms with Crippen LogP contribution in [-0.4, -0.2) is 42.4 Å². The van der Waals surface area contributed by atoms with Gasteiger partial charge in [-0.2, -0.15) is 0 Å². The Kier molecular flexibility index (Phi) is 9.60. The zero-order chi connectivity index (χ0) is 21.2. The number of hydrogen-bond donors (Lipinski definition) is 1. The number of nitrogens with zero attached hydrogens (tertiary/aromatic N) is 2. The van der Waals surface area contributed by atoms with E-state index in [4.69, 9.17) is 12.6 Å².